The summed E-state index contributed by atoms with van der Waals surface area (Å²) < 4.78 is 0. The fourth-order valence-corrected chi connectivity index (χ4v) is 0.200. The summed E-state index contributed by atoms with van der Waals surface area (Å²) in [6, 6.07) is 0. The van der Waals surface area contributed by atoms with Gasteiger partial charge in [-0.25, -0.2) is 0 Å². The summed E-state index contributed by atoms with van der Waals surface area (Å²) >= 11 is 0. The van der Waals surface area contributed by atoms with E-state index >= 15 is 0 Å². The van der Waals surface area contributed by atoms with Gasteiger partial charge in [-0.2, -0.15) is 41.3 Å². The zero-order valence-corrected chi connectivity index (χ0v) is 16.5. The number of rotatable bonds is 4. The third kappa shape index (κ3) is 357. The SMILES string of the molecule is CC[N-]CO.CC[N-]CO.CO.CO.C[N-]C.C[N-]C.[Ti+4]. The minimum Gasteiger partial charge on any atom is -0.668 e. The summed E-state index contributed by atoms with van der Waals surface area (Å²) in [5.41, 5.74) is 0. The quantitative estimate of drug-likeness (QED) is 0.566. The normalized spacial score (nSPS) is 6.29. The van der Waals surface area contributed by atoms with Gasteiger partial charge in [0.15, 0.2) is 0 Å². The molecule has 0 bridgehead atoms. The van der Waals surface area contributed by atoms with Crippen LogP contribution in [0.2, 0.25) is 0 Å². The molecule has 8 nitrogen and oxygen atoms in total. The van der Waals surface area contributed by atoms with E-state index in [4.69, 9.17) is 20.4 Å². The molecule has 0 spiro atoms. The summed E-state index contributed by atoms with van der Waals surface area (Å²) in [6.07, 6.45) is 0. The van der Waals surface area contributed by atoms with E-state index in [1.807, 2.05) is 13.8 Å². The maximum absolute atomic E-state index is 7.90. The number of aliphatic hydroxyl groups is 4. The average molecular weight is 348 g/mol. The van der Waals surface area contributed by atoms with Crippen LogP contribution in [0.1, 0.15) is 13.8 Å². The van der Waals surface area contributed by atoms with Crippen molar-refractivity contribution in [2.24, 2.45) is 0 Å². The molecular formula is C12H36N4O4Ti. The Morgan fingerprint density at radius 2 is 0.762 bits per heavy atom. The van der Waals surface area contributed by atoms with Crippen LogP contribution >= 0.6 is 0 Å². The Balaban J connectivity index is -0.0000000232. The van der Waals surface area contributed by atoms with Crippen LogP contribution in [-0.2, 0) is 21.7 Å². The maximum atomic E-state index is 7.90. The summed E-state index contributed by atoms with van der Waals surface area (Å²) in [5, 5.41) is 43.9. The van der Waals surface area contributed by atoms with E-state index in [1.54, 1.807) is 28.2 Å². The second-order valence-electron chi connectivity index (χ2n) is 2.26. The van der Waals surface area contributed by atoms with Gasteiger partial charge in [-0.3, -0.25) is 0 Å². The first-order chi connectivity index (χ1) is 9.66. The number of aliphatic hydroxyl groups excluding tert-OH is 4. The second kappa shape index (κ2) is 109. The van der Waals surface area contributed by atoms with Crippen molar-refractivity contribution in [3.63, 3.8) is 0 Å². The number of hydrogen-bond acceptors (Lipinski definition) is 4. The Kier molecular flexibility index (Phi) is 223. The van der Waals surface area contributed by atoms with Crippen molar-refractivity contribution in [1.29, 1.82) is 0 Å². The zero-order chi connectivity index (χ0) is 17.7. The largest absolute Gasteiger partial charge is 4.00 e. The monoisotopic (exact) mass is 348 g/mol. The minimum absolute atomic E-state index is 0. The molecule has 0 aromatic heterocycles. The molecule has 0 saturated heterocycles. The molecule has 21 heavy (non-hydrogen) atoms. The van der Waals surface area contributed by atoms with Gasteiger partial charge in [-0.1, -0.05) is 13.8 Å². The maximum Gasteiger partial charge on any atom is 4.00 e. The summed E-state index contributed by atoms with van der Waals surface area (Å²) in [7, 11) is 9.00. The summed E-state index contributed by atoms with van der Waals surface area (Å²) in [5.74, 6) is 0. The summed E-state index contributed by atoms with van der Waals surface area (Å²) in [6.45, 7) is 5.15. The van der Waals surface area contributed by atoms with E-state index in [9.17, 15) is 0 Å². The first-order valence-corrected chi connectivity index (χ1v) is 5.99. The van der Waals surface area contributed by atoms with Crippen LogP contribution in [0.4, 0.5) is 0 Å². The standard InChI is InChI=1S/2C3H8NO.2C2H6N.2CH4O.Ti/c2*1-2-4-3-5;2*1-3-2;2*1-2;/h2*5H,2-3H2,1H3;2*1-2H3;2*2H,1H3;/q4*-1;;;+4. The predicted molar refractivity (Wildman–Crippen MR) is 88.7 cm³/mol. The number of nitrogens with zero attached hydrogens (tertiary/aromatic N) is 4. The van der Waals surface area contributed by atoms with Gasteiger partial charge in [0, 0.05) is 14.2 Å². The molecule has 0 rings (SSSR count). The molecule has 0 aromatic rings. The predicted octanol–water partition coefficient (Wildman–Crippen LogP) is 1.11. The fourth-order valence-electron chi connectivity index (χ4n) is 0.200. The molecule has 0 heterocycles. The van der Waals surface area contributed by atoms with Gasteiger partial charge >= 0.3 is 21.7 Å². The molecule has 0 unspecified atom stereocenters. The Labute approximate surface area is 146 Å². The van der Waals surface area contributed by atoms with Crippen molar-refractivity contribution < 1.29 is 42.1 Å². The smallest absolute Gasteiger partial charge is 0.668 e. The molecule has 0 aromatic carbocycles. The molecule has 0 aliphatic carbocycles. The van der Waals surface area contributed by atoms with Crippen LogP contribution in [0.5, 0.6) is 0 Å². The van der Waals surface area contributed by atoms with E-state index < -0.39 is 0 Å². The molecule has 0 atom stereocenters. The van der Waals surface area contributed by atoms with Crippen LogP contribution < -0.4 is 0 Å². The van der Waals surface area contributed by atoms with Gasteiger partial charge in [0.05, 0.1) is 0 Å². The van der Waals surface area contributed by atoms with Gasteiger partial charge in [0.25, 0.3) is 0 Å². The third-order valence-electron chi connectivity index (χ3n) is 0.647. The summed E-state index contributed by atoms with van der Waals surface area (Å²) in [4.78, 5) is 0. The van der Waals surface area contributed by atoms with E-state index in [2.05, 4.69) is 21.3 Å². The molecular weight excluding hydrogens is 312 g/mol. The Morgan fingerprint density at radius 1 is 0.619 bits per heavy atom. The Bertz CT molecular complexity index is 69.2. The Morgan fingerprint density at radius 3 is 0.762 bits per heavy atom. The molecule has 0 radical (unpaired) electrons. The van der Waals surface area contributed by atoms with E-state index in [0.717, 1.165) is 27.3 Å². The van der Waals surface area contributed by atoms with Crippen LogP contribution in [0, 0.1) is 0 Å². The zero-order valence-electron chi connectivity index (χ0n) is 14.9. The molecule has 132 valence electrons. The van der Waals surface area contributed by atoms with Crippen molar-refractivity contribution in [1.82, 2.24) is 0 Å². The van der Waals surface area contributed by atoms with Crippen molar-refractivity contribution >= 4 is 0 Å². The van der Waals surface area contributed by atoms with Crippen LogP contribution in [-0.4, -0.2) is 89.4 Å². The molecule has 0 aliphatic rings. The van der Waals surface area contributed by atoms with Crippen LogP contribution in [0.3, 0.4) is 0 Å². The second-order valence-corrected chi connectivity index (χ2v) is 2.26. The van der Waals surface area contributed by atoms with Crippen molar-refractivity contribution in [2.45, 2.75) is 13.8 Å². The topological polar surface area (TPSA) is 137 Å². The number of hydrogen-bond donors (Lipinski definition) is 4. The molecule has 0 saturated carbocycles. The first kappa shape index (κ1) is 42.9. The molecule has 0 aliphatic heterocycles. The first-order valence-electron chi connectivity index (χ1n) is 5.99. The van der Waals surface area contributed by atoms with Gasteiger partial charge in [0.1, 0.15) is 0 Å². The van der Waals surface area contributed by atoms with Crippen LogP contribution in [0.15, 0.2) is 0 Å². The van der Waals surface area contributed by atoms with Gasteiger partial charge < -0.3 is 41.7 Å². The van der Waals surface area contributed by atoms with Crippen molar-refractivity contribution in [2.75, 3.05) is 69.0 Å². The van der Waals surface area contributed by atoms with Gasteiger partial charge in [0.2, 0.25) is 0 Å². The van der Waals surface area contributed by atoms with E-state index in [1.165, 1.54) is 0 Å². The molecule has 9 heteroatoms. The third-order valence-corrected chi connectivity index (χ3v) is 0.647. The Hall–Kier alpha value is 0.394. The molecule has 0 amide bonds. The van der Waals surface area contributed by atoms with Crippen LogP contribution in [0.25, 0.3) is 21.3 Å². The molecule has 0 fully saturated rings. The fraction of sp³-hybridized carbons (Fsp3) is 1.00. The average Bonchev–Trinajstić information content (AvgIpc) is 2.47. The van der Waals surface area contributed by atoms with E-state index in [-0.39, 0.29) is 35.2 Å². The van der Waals surface area contributed by atoms with Crippen molar-refractivity contribution in [3.8, 4) is 0 Å². The van der Waals surface area contributed by atoms with Gasteiger partial charge in [-0.15, -0.1) is 0 Å². The van der Waals surface area contributed by atoms with E-state index in [0.29, 0.717) is 0 Å². The molecule has 4 N–H and O–H groups in total. The van der Waals surface area contributed by atoms with Crippen molar-refractivity contribution in [3.05, 3.63) is 21.3 Å². The minimum atomic E-state index is -0.0312. The van der Waals surface area contributed by atoms with Gasteiger partial charge in [-0.05, 0) is 13.5 Å².